The molecule has 0 fully saturated rings. The van der Waals surface area contributed by atoms with E-state index in [-0.39, 0.29) is 6.04 Å². The van der Waals surface area contributed by atoms with E-state index in [1.165, 1.54) is 21.8 Å². The average molecular weight is 287 g/mol. The van der Waals surface area contributed by atoms with Gasteiger partial charge in [0.25, 0.3) is 0 Å². The number of hydrogen-bond donors (Lipinski definition) is 1. The average Bonchev–Trinajstić information content (AvgIpc) is 2.94. The highest BCUT2D eigenvalue weighted by Gasteiger charge is 2.32. The first-order valence-corrected chi connectivity index (χ1v) is 7.19. The van der Waals surface area contributed by atoms with Crippen LogP contribution in [0.4, 0.5) is 4.79 Å². The maximum atomic E-state index is 11.5. The highest BCUT2D eigenvalue weighted by molar-refractivity contribution is 7.11. The summed E-state index contributed by atoms with van der Waals surface area (Å²) in [7, 11) is 0. The fourth-order valence-corrected chi connectivity index (χ4v) is 3.43. The molecule has 2 aromatic rings. The van der Waals surface area contributed by atoms with Crippen LogP contribution in [0.1, 0.15) is 32.4 Å². The molecule has 1 aromatic carbocycles. The van der Waals surface area contributed by atoms with Crippen molar-refractivity contribution < 1.29 is 14.7 Å². The molecule has 20 heavy (non-hydrogen) atoms. The Morgan fingerprint density at radius 3 is 2.90 bits per heavy atom. The molecule has 1 amide bonds. The van der Waals surface area contributed by atoms with E-state index in [1.807, 2.05) is 29.6 Å². The molecule has 102 valence electrons. The molecule has 2 heterocycles. The van der Waals surface area contributed by atoms with Crippen LogP contribution in [-0.2, 0) is 6.42 Å². The molecule has 0 radical (unpaired) electrons. The van der Waals surface area contributed by atoms with Crippen LogP contribution in [0.25, 0.3) is 0 Å². The third kappa shape index (κ3) is 2.10. The summed E-state index contributed by atoms with van der Waals surface area (Å²) in [5.41, 5.74) is 3.05. The van der Waals surface area contributed by atoms with E-state index in [9.17, 15) is 14.7 Å². The lowest BCUT2D eigenvalue weighted by molar-refractivity contribution is 0.112. The maximum Gasteiger partial charge on any atom is 0.408 e. The van der Waals surface area contributed by atoms with E-state index >= 15 is 0 Å². The molecule has 1 unspecified atom stereocenters. The number of hydrogen-bond acceptors (Lipinski definition) is 3. The van der Waals surface area contributed by atoms with Gasteiger partial charge in [0.15, 0.2) is 6.29 Å². The van der Waals surface area contributed by atoms with Gasteiger partial charge in [0.05, 0.1) is 10.9 Å². The van der Waals surface area contributed by atoms with Gasteiger partial charge in [-0.25, -0.2) is 4.79 Å². The number of carboxylic acid groups (broad SMARTS) is 1. The summed E-state index contributed by atoms with van der Waals surface area (Å²) in [5, 5.41) is 11.3. The first-order chi connectivity index (χ1) is 9.70. The van der Waals surface area contributed by atoms with Gasteiger partial charge in [0.2, 0.25) is 0 Å². The van der Waals surface area contributed by atoms with E-state index in [0.717, 1.165) is 23.8 Å². The van der Waals surface area contributed by atoms with Crippen molar-refractivity contribution in [3.05, 3.63) is 57.3 Å². The summed E-state index contributed by atoms with van der Waals surface area (Å²) in [6.45, 7) is 0.475. The molecule has 3 rings (SSSR count). The zero-order valence-electron chi connectivity index (χ0n) is 10.7. The Labute approximate surface area is 120 Å². The van der Waals surface area contributed by atoms with E-state index in [2.05, 4.69) is 0 Å². The van der Waals surface area contributed by atoms with Crippen LogP contribution in [0.2, 0.25) is 0 Å². The lowest BCUT2D eigenvalue weighted by Crippen LogP contribution is -2.39. The SMILES string of the molecule is O=Cc1cc(C2c3ccccc3CCN2C(=O)O)cs1. The van der Waals surface area contributed by atoms with Crippen molar-refractivity contribution in [3.63, 3.8) is 0 Å². The molecular formula is C15H13NO3S. The van der Waals surface area contributed by atoms with Gasteiger partial charge < -0.3 is 5.11 Å². The molecule has 0 saturated heterocycles. The van der Waals surface area contributed by atoms with Crippen molar-refractivity contribution in [2.45, 2.75) is 12.5 Å². The number of aldehydes is 1. The van der Waals surface area contributed by atoms with Crippen LogP contribution in [0.5, 0.6) is 0 Å². The topological polar surface area (TPSA) is 57.6 Å². The lowest BCUT2D eigenvalue weighted by Gasteiger charge is -2.35. The Morgan fingerprint density at radius 1 is 1.40 bits per heavy atom. The minimum absolute atomic E-state index is 0.317. The molecule has 4 nitrogen and oxygen atoms in total. The molecule has 1 aliphatic rings. The van der Waals surface area contributed by atoms with Gasteiger partial charge in [-0.1, -0.05) is 24.3 Å². The third-order valence-corrected chi connectivity index (χ3v) is 4.48. The van der Waals surface area contributed by atoms with Crippen LogP contribution in [0.15, 0.2) is 35.7 Å². The summed E-state index contributed by atoms with van der Waals surface area (Å²) in [4.78, 5) is 24.4. The molecule has 5 heteroatoms. The number of carbonyl (C=O) groups excluding carboxylic acids is 1. The number of rotatable bonds is 2. The zero-order valence-corrected chi connectivity index (χ0v) is 11.5. The highest BCUT2D eigenvalue weighted by Crippen LogP contribution is 2.36. The Morgan fingerprint density at radius 2 is 2.20 bits per heavy atom. The van der Waals surface area contributed by atoms with Gasteiger partial charge in [-0.15, -0.1) is 11.3 Å². The quantitative estimate of drug-likeness (QED) is 0.863. The summed E-state index contributed by atoms with van der Waals surface area (Å²) < 4.78 is 0. The van der Waals surface area contributed by atoms with Crippen LogP contribution in [-0.4, -0.2) is 28.9 Å². The van der Waals surface area contributed by atoms with E-state index in [4.69, 9.17) is 0 Å². The number of amides is 1. The third-order valence-electron chi connectivity index (χ3n) is 3.60. The molecule has 0 saturated carbocycles. The van der Waals surface area contributed by atoms with Gasteiger partial charge in [-0.3, -0.25) is 9.69 Å². The summed E-state index contributed by atoms with van der Waals surface area (Å²) >= 11 is 1.34. The minimum atomic E-state index is -0.927. The van der Waals surface area contributed by atoms with Gasteiger partial charge in [0, 0.05) is 6.54 Å². The number of nitrogens with zero attached hydrogens (tertiary/aromatic N) is 1. The van der Waals surface area contributed by atoms with Crippen molar-refractivity contribution in [1.29, 1.82) is 0 Å². The standard InChI is InChI=1S/C15H13NO3S/c17-8-12-7-11(9-20-12)14-13-4-2-1-3-10(13)5-6-16(14)15(18)19/h1-4,7-9,14H,5-6H2,(H,18,19). The van der Waals surface area contributed by atoms with Gasteiger partial charge in [0.1, 0.15) is 0 Å². The highest BCUT2D eigenvalue weighted by atomic mass is 32.1. The Hall–Kier alpha value is -2.14. The monoisotopic (exact) mass is 287 g/mol. The van der Waals surface area contributed by atoms with Crippen molar-refractivity contribution in [1.82, 2.24) is 4.90 Å². The molecular weight excluding hydrogens is 274 g/mol. The van der Waals surface area contributed by atoms with Crippen LogP contribution >= 0.6 is 11.3 Å². The van der Waals surface area contributed by atoms with E-state index in [1.54, 1.807) is 6.07 Å². The summed E-state index contributed by atoms with van der Waals surface area (Å²) in [6.07, 6.45) is 0.598. The van der Waals surface area contributed by atoms with Crippen LogP contribution in [0.3, 0.4) is 0 Å². The number of benzene rings is 1. The minimum Gasteiger partial charge on any atom is -0.465 e. The first kappa shape index (κ1) is 12.9. The first-order valence-electron chi connectivity index (χ1n) is 6.31. The smallest absolute Gasteiger partial charge is 0.408 e. The molecule has 1 aliphatic heterocycles. The number of fused-ring (bicyclic) bond motifs is 1. The fraction of sp³-hybridized carbons (Fsp3) is 0.200. The van der Waals surface area contributed by atoms with Crippen LogP contribution < -0.4 is 0 Å². The van der Waals surface area contributed by atoms with E-state index in [0.29, 0.717) is 11.4 Å². The van der Waals surface area contributed by atoms with Crippen molar-refractivity contribution >= 4 is 23.7 Å². The predicted octanol–water partition coefficient (Wildman–Crippen LogP) is 3.19. The second-order valence-corrected chi connectivity index (χ2v) is 5.67. The van der Waals surface area contributed by atoms with Gasteiger partial charge in [-0.2, -0.15) is 0 Å². The molecule has 1 atom stereocenters. The number of carbonyl (C=O) groups is 2. The molecule has 0 spiro atoms. The maximum absolute atomic E-state index is 11.5. The Kier molecular flexibility index (Phi) is 3.28. The normalized spacial score (nSPS) is 17.6. The second kappa shape index (κ2) is 5.09. The molecule has 0 bridgehead atoms. The van der Waals surface area contributed by atoms with Crippen molar-refractivity contribution in [2.24, 2.45) is 0 Å². The second-order valence-electron chi connectivity index (χ2n) is 4.73. The zero-order chi connectivity index (χ0) is 14.1. The molecule has 0 aliphatic carbocycles. The number of thiophene rings is 1. The molecule has 1 aromatic heterocycles. The Balaban J connectivity index is 2.11. The van der Waals surface area contributed by atoms with E-state index < -0.39 is 6.09 Å². The van der Waals surface area contributed by atoms with Gasteiger partial charge >= 0.3 is 6.09 Å². The van der Waals surface area contributed by atoms with Crippen molar-refractivity contribution in [3.8, 4) is 0 Å². The predicted molar refractivity (Wildman–Crippen MR) is 76.4 cm³/mol. The van der Waals surface area contributed by atoms with Crippen LogP contribution in [0, 0.1) is 0 Å². The summed E-state index contributed by atoms with van der Waals surface area (Å²) in [6, 6.07) is 9.35. The largest absolute Gasteiger partial charge is 0.465 e. The van der Waals surface area contributed by atoms with Gasteiger partial charge in [-0.05, 0) is 34.6 Å². The van der Waals surface area contributed by atoms with Crippen molar-refractivity contribution in [2.75, 3.05) is 6.54 Å². The Bertz CT molecular complexity index is 665. The fourth-order valence-electron chi connectivity index (χ4n) is 2.71. The molecule has 1 N–H and O–H groups in total. The lowest BCUT2D eigenvalue weighted by atomic mass is 9.89. The summed E-state index contributed by atoms with van der Waals surface area (Å²) in [5.74, 6) is 0.